The second-order valence-corrected chi connectivity index (χ2v) is 14.2. The fourth-order valence-electron chi connectivity index (χ4n) is 7.63. The largest absolute Gasteiger partial charge is 0.268 e. The number of fused-ring (bicyclic) bond motifs is 3. The van der Waals surface area contributed by atoms with Crippen LogP contribution in [0.15, 0.2) is 64.2 Å². The van der Waals surface area contributed by atoms with Crippen molar-refractivity contribution in [2.75, 3.05) is 0 Å². The SMILES string of the molecule is Cc1cccc(-n2c(=O)c3c4cc(C(C)(C)C)c5ccc6ccc7c(C(C)(C)C)cc(c3c2=O)c2c7c6c5c42)c1C. The van der Waals surface area contributed by atoms with Crippen molar-refractivity contribution in [1.82, 2.24) is 4.57 Å². The Balaban J connectivity index is 1.77. The fraction of sp³-hybridized carbons (Fsp3) is 0.263. The molecular formula is C38H33NO2. The highest BCUT2D eigenvalue weighted by Gasteiger charge is 2.32. The van der Waals surface area contributed by atoms with Gasteiger partial charge in [-0.3, -0.25) is 9.59 Å². The third kappa shape index (κ3) is 2.84. The van der Waals surface area contributed by atoms with E-state index in [9.17, 15) is 9.59 Å². The van der Waals surface area contributed by atoms with Gasteiger partial charge in [0.05, 0.1) is 16.5 Å². The van der Waals surface area contributed by atoms with Crippen molar-refractivity contribution in [3.63, 3.8) is 0 Å². The van der Waals surface area contributed by atoms with Gasteiger partial charge in [-0.05, 0) is 119 Å². The first-order chi connectivity index (χ1) is 19.3. The van der Waals surface area contributed by atoms with Crippen molar-refractivity contribution in [2.45, 2.75) is 66.2 Å². The van der Waals surface area contributed by atoms with Crippen LogP contribution < -0.4 is 11.1 Å². The quantitative estimate of drug-likeness (QED) is 0.197. The van der Waals surface area contributed by atoms with E-state index in [2.05, 4.69) is 77.9 Å². The summed E-state index contributed by atoms with van der Waals surface area (Å²) in [5.74, 6) is 0. The number of benzene rings is 6. The molecule has 0 radical (unpaired) electrons. The maximum Gasteiger partial charge on any atom is 0.266 e. The predicted octanol–water partition coefficient (Wildman–Crippen LogP) is 9.08. The zero-order valence-electron chi connectivity index (χ0n) is 25.0. The molecule has 3 nitrogen and oxygen atoms in total. The summed E-state index contributed by atoms with van der Waals surface area (Å²) in [6, 6.07) is 19.3. The van der Waals surface area contributed by atoms with Crippen molar-refractivity contribution in [3.8, 4) is 5.69 Å². The van der Waals surface area contributed by atoms with Crippen LogP contribution >= 0.6 is 0 Å². The van der Waals surface area contributed by atoms with Gasteiger partial charge >= 0.3 is 0 Å². The van der Waals surface area contributed by atoms with E-state index in [-0.39, 0.29) is 21.9 Å². The van der Waals surface area contributed by atoms with Gasteiger partial charge in [0.25, 0.3) is 11.1 Å². The third-order valence-electron chi connectivity index (χ3n) is 9.69. The summed E-state index contributed by atoms with van der Waals surface area (Å²) in [4.78, 5) is 29.1. The first-order valence-corrected chi connectivity index (χ1v) is 14.5. The summed E-state index contributed by atoms with van der Waals surface area (Å²) in [6.45, 7) is 17.4. The number of aryl methyl sites for hydroxylation is 1. The Labute approximate surface area is 238 Å². The van der Waals surface area contributed by atoms with Crippen molar-refractivity contribution in [1.29, 1.82) is 0 Å². The average molecular weight is 536 g/mol. The molecule has 0 aliphatic carbocycles. The van der Waals surface area contributed by atoms with Crippen LogP contribution in [0.4, 0.5) is 0 Å². The van der Waals surface area contributed by atoms with Gasteiger partial charge in [0, 0.05) is 0 Å². The van der Waals surface area contributed by atoms with Crippen molar-refractivity contribution < 1.29 is 0 Å². The van der Waals surface area contributed by atoms with Gasteiger partial charge in [0.15, 0.2) is 0 Å². The molecule has 3 heteroatoms. The minimum Gasteiger partial charge on any atom is -0.268 e. The molecule has 0 unspecified atom stereocenters. The molecule has 8 rings (SSSR count). The Kier molecular flexibility index (Phi) is 4.39. The summed E-state index contributed by atoms with van der Waals surface area (Å²) in [5, 5.41) is 12.6. The van der Waals surface area contributed by atoms with E-state index < -0.39 is 0 Å². The molecule has 1 aromatic heterocycles. The van der Waals surface area contributed by atoms with Gasteiger partial charge in [-0.1, -0.05) is 77.9 Å². The lowest BCUT2D eigenvalue weighted by Gasteiger charge is -2.23. The fourth-order valence-corrected chi connectivity index (χ4v) is 7.63. The van der Waals surface area contributed by atoms with Crippen LogP contribution in [0.2, 0.25) is 0 Å². The summed E-state index contributed by atoms with van der Waals surface area (Å²) < 4.78 is 1.43. The van der Waals surface area contributed by atoms with Crippen LogP contribution in [0.25, 0.3) is 70.3 Å². The molecule has 0 fully saturated rings. The van der Waals surface area contributed by atoms with Crippen LogP contribution in [-0.4, -0.2) is 4.57 Å². The molecule has 7 aromatic carbocycles. The maximum atomic E-state index is 14.6. The maximum absolute atomic E-state index is 14.6. The molecule has 0 aliphatic rings. The van der Waals surface area contributed by atoms with E-state index in [0.717, 1.165) is 32.7 Å². The predicted molar refractivity (Wildman–Crippen MR) is 175 cm³/mol. The third-order valence-corrected chi connectivity index (χ3v) is 9.69. The molecule has 0 aliphatic heterocycles. The topological polar surface area (TPSA) is 39.1 Å². The standard InChI is InChI=1S/C38H33NO2/c1-18-10-9-11-27(19(18)2)39-35(40)33-23-16-25(37(3,4)5)21-14-12-20-13-15-22-26(38(6,7)8)17-24(34(33)36(39)41)32-30(22)28(20)29(21)31(23)32/h9-17H,1-8H3. The van der Waals surface area contributed by atoms with E-state index in [0.29, 0.717) is 16.5 Å². The van der Waals surface area contributed by atoms with Crippen LogP contribution in [0.1, 0.15) is 63.8 Å². The number of nitrogens with zero attached hydrogens (tertiary/aromatic N) is 1. The zero-order valence-corrected chi connectivity index (χ0v) is 25.0. The zero-order chi connectivity index (χ0) is 28.9. The summed E-state index contributed by atoms with van der Waals surface area (Å²) in [5.41, 5.74) is 4.34. The molecule has 202 valence electrons. The lowest BCUT2D eigenvalue weighted by atomic mass is 9.80. The van der Waals surface area contributed by atoms with Crippen LogP contribution in [-0.2, 0) is 10.8 Å². The van der Waals surface area contributed by atoms with E-state index in [1.54, 1.807) is 0 Å². The van der Waals surface area contributed by atoms with E-state index >= 15 is 0 Å². The minimum absolute atomic E-state index is 0.151. The highest BCUT2D eigenvalue weighted by Crippen LogP contribution is 2.53. The van der Waals surface area contributed by atoms with Crippen LogP contribution in [0.3, 0.4) is 0 Å². The summed E-state index contributed by atoms with van der Waals surface area (Å²) in [6.07, 6.45) is 0. The second-order valence-electron chi connectivity index (χ2n) is 14.2. The molecule has 0 amide bonds. The molecule has 41 heavy (non-hydrogen) atoms. The van der Waals surface area contributed by atoms with Crippen LogP contribution in [0, 0.1) is 13.8 Å². The van der Waals surface area contributed by atoms with Gasteiger partial charge < -0.3 is 0 Å². The molecule has 1 heterocycles. The number of hydrogen-bond donors (Lipinski definition) is 0. The number of rotatable bonds is 1. The van der Waals surface area contributed by atoms with Gasteiger partial charge in [-0.25, -0.2) is 4.57 Å². The van der Waals surface area contributed by atoms with E-state index in [1.807, 2.05) is 32.0 Å². The molecule has 0 saturated carbocycles. The molecule has 0 atom stereocenters. The molecule has 0 N–H and O–H groups in total. The van der Waals surface area contributed by atoms with Crippen molar-refractivity contribution in [3.05, 3.63) is 97.6 Å². The summed E-state index contributed by atoms with van der Waals surface area (Å²) in [7, 11) is 0. The molecule has 0 bridgehead atoms. The minimum atomic E-state index is -0.222. The first-order valence-electron chi connectivity index (χ1n) is 14.5. The second kappa shape index (κ2) is 7.33. The summed E-state index contributed by atoms with van der Waals surface area (Å²) >= 11 is 0. The lowest BCUT2D eigenvalue weighted by Crippen LogP contribution is -2.24. The molecular weight excluding hydrogens is 502 g/mol. The van der Waals surface area contributed by atoms with Gasteiger partial charge in [0.2, 0.25) is 0 Å². The van der Waals surface area contributed by atoms with Gasteiger partial charge in [-0.15, -0.1) is 0 Å². The monoisotopic (exact) mass is 535 g/mol. The molecule has 0 saturated heterocycles. The Hall–Kier alpha value is -4.24. The number of hydrogen-bond acceptors (Lipinski definition) is 2. The normalized spacial score (nSPS) is 13.6. The van der Waals surface area contributed by atoms with E-state index in [1.165, 1.54) is 48.0 Å². The molecule has 0 spiro atoms. The van der Waals surface area contributed by atoms with Crippen molar-refractivity contribution >= 4 is 64.6 Å². The highest BCUT2D eigenvalue weighted by molar-refractivity contribution is 6.48. The van der Waals surface area contributed by atoms with Gasteiger partial charge in [0.1, 0.15) is 0 Å². The first kappa shape index (κ1) is 24.5. The van der Waals surface area contributed by atoms with Crippen LogP contribution in [0.5, 0.6) is 0 Å². The Morgan fingerprint density at radius 1 is 0.537 bits per heavy atom. The smallest absolute Gasteiger partial charge is 0.266 e. The molecule has 8 aromatic rings. The van der Waals surface area contributed by atoms with E-state index in [4.69, 9.17) is 0 Å². The lowest BCUT2D eigenvalue weighted by molar-refractivity contribution is 0.596. The highest BCUT2D eigenvalue weighted by atomic mass is 16.2. The average Bonchev–Trinajstić information content (AvgIpc) is 3.39. The Morgan fingerprint density at radius 2 is 1.00 bits per heavy atom. The van der Waals surface area contributed by atoms with Crippen molar-refractivity contribution in [2.24, 2.45) is 0 Å². The number of aromatic nitrogens is 1. The Morgan fingerprint density at radius 3 is 1.46 bits per heavy atom. The Bertz CT molecular complexity index is 2340. The van der Waals surface area contributed by atoms with Gasteiger partial charge in [-0.2, -0.15) is 0 Å².